The van der Waals surface area contributed by atoms with Crippen LogP contribution < -0.4 is 16.0 Å². The van der Waals surface area contributed by atoms with Crippen molar-refractivity contribution in [2.24, 2.45) is 11.8 Å². The Hall–Kier alpha value is -0.310. The van der Waals surface area contributed by atoms with E-state index in [0.717, 1.165) is 57.8 Å². The third-order valence-corrected chi connectivity index (χ3v) is 6.44. The van der Waals surface area contributed by atoms with Gasteiger partial charge in [-0.1, -0.05) is 0 Å². The molecule has 3 N–H and O–H groups in total. The predicted octanol–water partition coefficient (Wildman–Crippen LogP) is 1.25. The van der Waals surface area contributed by atoms with Crippen LogP contribution in [0.5, 0.6) is 0 Å². The number of morpholine rings is 3. The maximum atomic E-state index is 13.2. The summed E-state index contributed by atoms with van der Waals surface area (Å²) in [6.07, 6.45) is 7.91. The highest BCUT2D eigenvalue weighted by Gasteiger charge is 2.51. The lowest BCUT2D eigenvalue weighted by Gasteiger charge is -2.26. The smallest absolute Gasteiger partial charge is 0.138 e. The van der Waals surface area contributed by atoms with Crippen LogP contribution >= 0.6 is 0 Å². The molecule has 6 aliphatic rings. The van der Waals surface area contributed by atoms with Gasteiger partial charge in [0.15, 0.2) is 0 Å². The molecule has 0 amide bonds. The lowest BCUT2D eigenvalue weighted by molar-refractivity contribution is -0.0317. The third-order valence-electron chi connectivity index (χ3n) is 6.44. The molecule has 6 nitrogen and oxygen atoms in total. The Balaban J connectivity index is 0.000000103. The van der Waals surface area contributed by atoms with Gasteiger partial charge in [-0.25, -0.2) is 4.39 Å². The minimum absolute atomic E-state index is 0.166. The summed E-state index contributed by atoms with van der Waals surface area (Å²) in [4.78, 5) is 0. The number of rotatable bonds is 3. The largest absolute Gasteiger partial charge is 0.375 e. The fraction of sp³-hybridized carbons (Fsp3) is 1.00. The second-order valence-electron chi connectivity index (χ2n) is 9.00. The van der Waals surface area contributed by atoms with E-state index in [9.17, 15) is 4.39 Å². The van der Waals surface area contributed by atoms with Gasteiger partial charge in [0.25, 0.3) is 0 Å². The van der Waals surface area contributed by atoms with Crippen LogP contribution in [0.15, 0.2) is 0 Å². The normalized spacial score (nSPS) is 37.0. The highest BCUT2D eigenvalue weighted by Crippen LogP contribution is 2.44. The van der Waals surface area contributed by atoms with Crippen molar-refractivity contribution < 1.29 is 18.6 Å². The molecule has 0 spiro atoms. The summed E-state index contributed by atoms with van der Waals surface area (Å²) >= 11 is 0. The molecule has 0 radical (unpaired) electrons. The summed E-state index contributed by atoms with van der Waals surface area (Å²) in [7, 11) is 0. The standard InChI is InChI=1S/C7H12FNO.2C7H13NO/c8-7(1-2-7)6-5-9-3-4-10-6;2*1-2-6(1)7-5-8-3-4-9-7/h6,9H,1-5H2;2*6-8H,1-5H2/t6-;2*7-/m010/s1. The van der Waals surface area contributed by atoms with Gasteiger partial charge in [-0.3, -0.25) is 0 Å². The molecule has 0 aromatic rings. The summed E-state index contributed by atoms with van der Waals surface area (Å²) in [6, 6.07) is 0. The highest BCUT2D eigenvalue weighted by molar-refractivity contribution is 5.02. The fourth-order valence-corrected chi connectivity index (χ4v) is 4.05. The first kappa shape index (κ1) is 20.9. The minimum Gasteiger partial charge on any atom is -0.375 e. The van der Waals surface area contributed by atoms with Gasteiger partial charge in [0.1, 0.15) is 11.8 Å². The Morgan fingerprint density at radius 1 is 0.643 bits per heavy atom. The Labute approximate surface area is 168 Å². The molecule has 0 bridgehead atoms. The molecule has 0 aromatic heterocycles. The molecule has 7 heteroatoms. The van der Waals surface area contributed by atoms with Crippen LogP contribution in [-0.4, -0.2) is 83.1 Å². The first-order valence-electron chi connectivity index (χ1n) is 11.4. The van der Waals surface area contributed by atoms with Gasteiger partial charge in [0, 0.05) is 39.3 Å². The number of hydrogen-bond donors (Lipinski definition) is 3. The maximum Gasteiger partial charge on any atom is 0.138 e. The molecule has 3 saturated carbocycles. The van der Waals surface area contributed by atoms with E-state index in [2.05, 4.69) is 16.0 Å². The molecule has 6 fully saturated rings. The van der Waals surface area contributed by atoms with Gasteiger partial charge >= 0.3 is 0 Å². The van der Waals surface area contributed by atoms with E-state index in [1.54, 1.807) is 0 Å². The molecule has 162 valence electrons. The van der Waals surface area contributed by atoms with Crippen LogP contribution in [0.1, 0.15) is 38.5 Å². The van der Waals surface area contributed by atoms with E-state index in [1.807, 2.05) is 0 Å². The number of halogens is 1. The molecule has 0 unspecified atom stereocenters. The second kappa shape index (κ2) is 10.1. The molecule has 6 rings (SSSR count). The van der Waals surface area contributed by atoms with E-state index in [4.69, 9.17) is 14.2 Å². The lowest BCUT2D eigenvalue weighted by atomic mass is 10.2. The topological polar surface area (TPSA) is 63.8 Å². The van der Waals surface area contributed by atoms with Gasteiger partial charge in [-0.15, -0.1) is 0 Å². The summed E-state index contributed by atoms with van der Waals surface area (Å²) < 4.78 is 29.6. The van der Waals surface area contributed by atoms with E-state index in [-0.39, 0.29) is 6.10 Å². The molecular formula is C21H38FN3O3. The van der Waals surface area contributed by atoms with Crippen molar-refractivity contribution in [1.29, 1.82) is 0 Å². The molecule has 3 heterocycles. The molecule has 0 aromatic carbocycles. The van der Waals surface area contributed by atoms with Crippen molar-refractivity contribution in [3.63, 3.8) is 0 Å². The van der Waals surface area contributed by atoms with Crippen molar-refractivity contribution in [3.05, 3.63) is 0 Å². The van der Waals surface area contributed by atoms with Gasteiger partial charge in [0.2, 0.25) is 0 Å². The fourth-order valence-electron chi connectivity index (χ4n) is 4.05. The third kappa shape index (κ3) is 6.61. The Bertz CT molecular complexity index is 428. The van der Waals surface area contributed by atoms with E-state index < -0.39 is 5.67 Å². The average molecular weight is 400 g/mol. The summed E-state index contributed by atoms with van der Waals surface area (Å²) in [5.41, 5.74) is -0.965. The second-order valence-corrected chi connectivity index (χ2v) is 9.00. The van der Waals surface area contributed by atoms with Crippen LogP contribution in [0.4, 0.5) is 4.39 Å². The summed E-state index contributed by atoms with van der Waals surface area (Å²) in [6.45, 7) is 8.32. The van der Waals surface area contributed by atoms with Crippen molar-refractivity contribution in [3.8, 4) is 0 Å². The first-order valence-corrected chi connectivity index (χ1v) is 11.4. The van der Waals surface area contributed by atoms with E-state index >= 15 is 0 Å². The van der Waals surface area contributed by atoms with Gasteiger partial charge in [0.05, 0.1) is 32.0 Å². The molecule has 3 atom stereocenters. The van der Waals surface area contributed by atoms with Crippen LogP contribution in [0.3, 0.4) is 0 Å². The molecule has 3 saturated heterocycles. The van der Waals surface area contributed by atoms with Gasteiger partial charge in [-0.05, 0) is 50.4 Å². The highest BCUT2D eigenvalue weighted by atomic mass is 19.1. The summed E-state index contributed by atoms with van der Waals surface area (Å²) in [5.74, 6) is 1.80. The van der Waals surface area contributed by atoms with Crippen LogP contribution in [0.2, 0.25) is 0 Å². The first-order chi connectivity index (χ1) is 13.7. The zero-order valence-corrected chi connectivity index (χ0v) is 17.1. The van der Waals surface area contributed by atoms with Crippen molar-refractivity contribution in [2.75, 3.05) is 59.1 Å². The van der Waals surface area contributed by atoms with Crippen molar-refractivity contribution in [2.45, 2.75) is 62.5 Å². The van der Waals surface area contributed by atoms with Crippen LogP contribution in [0, 0.1) is 11.8 Å². The van der Waals surface area contributed by atoms with Crippen molar-refractivity contribution >= 4 is 0 Å². The maximum absolute atomic E-state index is 13.2. The average Bonchev–Trinajstić information content (AvgIpc) is 3.63. The number of nitrogens with one attached hydrogen (secondary N) is 3. The molecule has 28 heavy (non-hydrogen) atoms. The Morgan fingerprint density at radius 3 is 1.43 bits per heavy atom. The van der Waals surface area contributed by atoms with E-state index in [0.29, 0.717) is 38.2 Å². The minimum atomic E-state index is -0.965. The number of hydrogen-bond acceptors (Lipinski definition) is 6. The number of alkyl halides is 1. The molecular weight excluding hydrogens is 361 g/mol. The van der Waals surface area contributed by atoms with Crippen molar-refractivity contribution in [1.82, 2.24) is 16.0 Å². The van der Waals surface area contributed by atoms with E-state index in [1.165, 1.54) is 25.7 Å². The Kier molecular flexibility index (Phi) is 7.58. The zero-order chi connectivity index (χ0) is 19.2. The zero-order valence-electron chi connectivity index (χ0n) is 17.1. The monoisotopic (exact) mass is 399 g/mol. The van der Waals surface area contributed by atoms with Gasteiger partial charge in [-0.2, -0.15) is 0 Å². The molecule has 3 aliphatic heterocycles. The summed E-state index contributed by atoms with van der Waals surface area (Å²) in [5, 5.41) is 9.78. The van der Waals surface area contributed by atoms with Crippen LogP contribution in [0.25, 0.3) is 0 Å². The SMILES string of the molecule is C1CO[C@@H](C2CC2)CN1.C1CO[C@H](C2CC2)CN1.FC1([C@@H]2CNCCO2)CC1. The van der Waals surface area contributed by atoms with Gasteiger partial charge < -0.3 is 30.2 Å². The quantitative estimate of drug-likeness (QED) is 0.664. The predicted molar refractivity (Wildman–Crippen MR) is 106 cm³/mol. The number of ether oxygens (including phenoxy) is 3. The molecule has 3 aliphatic carbocycles. The van der Waals surface area contributed by atoms with Crippen LogP contribution in [-0.2, 0) is 14.2 Å². The lowest BCUT2D eigenvalue weighted by Crippen LogP contribution is -2.44. The Morgan fingerprint density at radius 2 is 1.11 bits per heavy atom.